The molecule has 0 aliphatic carbocycles. The fraction of sp³-hybridized carbons (Fsp3) is 0.118. The molecule has 6 nitrogen and oxygen atoms in total. The number of fused-ring (bicyclic) bond motifs is 1. The molecular formula is C17H14N4O2. The SMILES string of the molecule is COc1c2ccc(C(=O)Nc3ccc(C#N)cc3)cc2nn1C. The van der Waals surface area contributed by atoms with Gasteiger partial charge < -0.3 is 10.1 Å². The van der Waals surface area contributed by atoms with Crippen LogP contribution in [0.1, 0.15) is 15.9 Å². The Morgan fingerprint density at radius 1 is 1.26 bits per heavy atom. The highest BCUT2D eigenvalue weighted by molar-refractivity contribution is 6.06. The number of nitrogens with one attached hydrogen (secondary N) is 1. The first kappa shape index (κ1) is 14.6. The highest BCUT2D eigenvalue weighted by atomic mass is 16.5. The number of aromatic nitrogens is 2. The molecule has 1 amide bonds. The number of nitrogens with zero attached hydrogens (tertiary/aromatic N) is 3. The van der Waals surface area contributed by atoms with Gasteiger partial charge in [0, 0.05) is 18.3 Å². The molecule has 0 aliphatic rings. The zero-order chi connectivity index (χ0) is 16.4. The molecule has 3 rings (SSSR count). The Morgan fingerprint density at radius 2 is 2.00 bits per heavy atom. The monoisotopic (exact) mass is 306 g/mol. The van der Waals surface area contributed by atoms with Gasteiger partial charge in [-0.2, -0.15) is 10.4 Å². The summed E-state index contributed by atoms with van der Waals surface area (Å²) < 4.78 is 6.92. The molecule has 0 radical (unpaired) electrons. The van der Waals surface area contributed by atoms with Crippen LogP contribution in [0.3, 0.4) is 0 Å². The summed E-state index contributed by atoms with van der Waals surface area (Å²) in [5.74, 6) is 0.417. The summed E-state index contributed by atoms with van der Waals surface area (Å²) in [5, 5.41) is 16.8. The van der Waals surface area contributed by atoms with Crippen LogP contribution in [0.4, 0.5) is 5.69 Å². The molecule has 1 heterocycles. The first-order valence-corrected chi connectivity index (χ1v) is 6.94. The van der Waals surface area contributed by atoms with Crippen molar-refractivity contribution >= 4 is 22.5 Å². The highest BCUT2D eigenvalue weighted by Gasteiger charge is 2.13. The minimum Gasteiger partial charge on any atom is -0.481 e. The molecule has 0 fully saturated rings. The first-order chi connectivity index (χ1) is 11.1. The van der Waals surface area contributed by atoms with Crippen LogP contribution in [-0.4, -0.2) is 22.8 Å². The Bertz CT molecular complexity index is 920. The van der Waals surface area contributed by atoms with Crippen LogP contribution in [-0.2, 0) is 7.05 Å². The van der Waals surface area contributed by atoms with Gasteiger partial charge in [0.25, 0.3) is 5.91 Å². The Morgan fingerprint density at radius 3 is 2.65 bits per heavy atom. The van der Waals surface area contributed by atoms with Crippen molar-refractivity contribution in [2.75, 3.05) is 12.4 Å². The molecule has 0 bridgehead atoms. The largest absolute Gasteiger partial charge is 0.481 e. The Balaban J connectivity index is 1.87. The molecule has 3 aromatic rings. The number of carbonyl (C=O) groups is 1. The van der Waals surface area contributed by atoms with Crippen LogP contribution in [0.25, 0.3) is 10.9 Å². The molecule has 0 saturated carbocycles. The number of hydrogen-bond acceptors (Lipinski definition) is 4. The zero-order valence-corrected chi connectivity index (χ0v) is 12.7. The molecule has 2 aromatic carbocycles. The van der Waals surface area contributed by atoms with E-state index in [2.05, 4.69) is 10.4 Å². The summed E-state index contributed by atoms with van der Waals surface area (Å²) in [5.41, 5.74) is 2.37. The summed E-state index contributed by atoms with van der Waals surface area (Å²) in [6.07, 6.45) is 0. The molecule has 0 aliphatic heterocycles. The molecular weight excluding hydrogens is 292 g/mol. The average Bonchev–Trinajstić information content (AvgIpc) is 2.89. The lowest BCUT2D eigenvalue weighted by Crippen LogP contribution is -2.11. The summed E-state index contributed by atoms with van der Waals surface area (Å²) in [4.78, 5) is 12.3. The molecule has 23 heavy (non-hydrogen) atoms. The van der Waals surface area contributed by atoms with Crippen LogP contribution >= 0.6 is 0 Å². The van der Waals surface area contributed by atoms with Gasteiger partial charge in [-0.1, -0.05) is 0 Å². The summed E-state index contributed by atoms with van der Waals surface area (Å²) in [7, 11) is 3.37. The molecule has 0 unspecified atom stereocenters. The van der Waals surface area contributed by atoms with Crippen molar-refractivity contribution in [3.63, 3.8) is 0 Å². The van der Waals surface area contributed by atoms with E-state index in [0.29, 0.717) is 28.2 Å². The van der Waals surface area contributed by atoms with Crippen molar-refractivity contribution in [1.82, 2.24) is 9.78 Å². The van der Waals surface area contributed by atoms with Gasteiger partial charge in [-0.25, -0.2) is 4.68 Å². The second-order valence-electron chi connectivity index (χ2n) is 5.01. The molecule has 114 valence electrons. The van der Waals surface area contributed by atoms with Crippen molar-refractivity contribution in [3.05, 3.63) is 53.6 Å². The number of aryl methyl sites for hydroxylation is 1. The Kier molecular flexibility index (Phi) is 3.69. The summed E-state index contributed by atoms with van der Waals surface area (Å²) >= 11 is 0. The maximum absolute atomic E-state index is 12.3. The zero-order valence-electron chi connectivity index (χ0n) is 12.7. The second-order valence-corrected chi connectivity index (χ2v) is 5.01. The summed E-state index contributed by atoms with van der Waals surface area (Å²) in [6.45, 7) is 0. The van der Waals surface area contributed by atoms with Gasteiger partial charge in [0.2, 0.25) is 5.88 Å². The van der Waals surface area contributed by atoms with Gasteiger partial charge >= 0.3 is 0 Å². The van der Waals surface area contributed by atoms with Crippen molar-refractivity contribution in [2.45, 2.75) is 0 Å². The third kappa shape index (κ3) is 2.72. The van der Waals surface area contributed by atoms with E-state index in [9.17, 15) is 4.79 Å². The van der Waals surface area contributed by atoms with Crippen LogP contribution in [0.2, 0.25) is 0 Å². The average molecular weight is 306 g/mol. The minimum absolute atomic E-state index is 0.235. The molecule has 6 heteroatoms. The lowest BCUT2D eigenvalue weighted by molar-refractivity contribution is 0.102. The second kappa shape index (κ2) is 5.81. The number of carbonyl (C=O) groups excluding carboxylic acids is 1. The Hall–Kier alpha value is -3.33. The van der Waals surface area contributed by atoms with E-state index in [0.717, 1.165) is 5.39 Å². The Labute approximate surface area is 132 Å². The topological polar surface area (TPSA) is 79.9 Å². The fourth-order valence-corrected chi connectivity index (χ4v) is 2.39. The van der Waals surface area contributed by atoms with E-state index in [4.69, 9.17) is 10.00 Å². The molecule has 0 atom stereocenters. The van der Waals surface area contributed by atoms with Crippen LogP contribution in [0.5, 0.6) is 5.88 Å². The van der Waals surface area contributed by atoms with E-state index in [1.807, 2.05) is 12.1 Å². The number of benzene rings is 2. The first-order valence-electron chi connectivity index (χ1n) is 6.94. The van der Waals surface area contributed by atoms with E-state index in [-0.39, 0.29) is 5.91 Å². The fourth-order valence-electron chi connectivity index (χ4n) is 2.39. The molecule has 0 saturated heterocycles. The standard InChI is InChI=1S/C17H14N4O2/c1-21-17(23-2)14-8-5-12(9-15(14)20-21)16(22)19-13-6-3-11(10-18)4-7-13/h3-9H,1-2H3,(H,19,22). The van der Waals surface area contributed by atoms with Crippen LogP contribution < -0.4 is 10.1 Å². The molecule has 1 N–H and O–H groups in total. The highest BCUT2D eigenvalue weighted by Crippen LogP contribution is 2.25. The lowest BCUT2D eigenvalue weighted by atomic mass is 10.1. The lowest BCUT2D eigenvalue weighted by Gasteiger charge is -2.05. The van der Waals surface area contributed by atoms with Gasteiger partial charge in [0.15, 0.2) is 0 Å². The molecule has 0 spiro atoms. The van der Waals surface area contributed by atoms with Crippen LogP contribution in [0, 0.1) is 11.3 Å². The number of rotatable bonds is 3. The minimum atomic E-state index is -0.235. The van der Waals surface area contributed by atoms with Gasteiger partial charge in [-0.3, -0.25) is 4.79 Å². The van der Waals surface area contributed by atoms with Gasteiger partial charge in [-0.05, 0) is 42.5 Å². The normalized spacial score (nSPS) is 10.3. The third-order valence-electron chi connectivity index (χ3n) is 3.51. The van der Waals surface area contributed by atoms with E-state index in [1.54, 1.807) is 55.2 Å². The maximum Gasteiger partial charge on any atom is 0.255 e. The predicted molar refractivity (Wildman–Crippen MR) is 86.4 cm³/mol. The number of hydrogen-bond donors (Lipinski definition) is 1. The van der Waals surface area contributed by atoms with E-state index >= 15 is 0 Å². The van der Waals surface area contributed by atoms with Crippen molar-refractivity contribution in [2.24, 2.45) is 7.05 Å². The van der Waals surface area contributed by atoms with E-state index in [1.165, 1.54) is 0 Å². The third-order valence-corrected chi connectivity index (χ3v) is 3.51. The number of nitriles is 1. The molecule has 1 aromatic heterocycles. The number of anilines is 1. The summed E-state index contributed by atoms with van der Waals surface area (Å²) in [6, 6.07) is 14.0. The van der Waals surface area contributed by atoms with Gasteiger partial charge in [-0.15, -0.1) is 0 Å². The number of ether oxygens (including phenoxy) is 1. The smallest absolute Gasteiger partial charge is 0.255 e. The number of methoxy groups -OCH3 is 1. The maximum atomic E-state index is 12.3. The van der Waals surface area contributed by atoms with E-state index < -0.39 is 0 Å². The van der Waals surface area contributed by atoms with Crippen molar-refractivity contribution < 1.29 is 9.53 Å². The number of amides is 1. The quantitative estimate of drug-likeness (QED) is 0.807. The van der Waals surface area contributed by atoms with Gasteiger partial charge in [0.1, 0.15) is 0 Å². The van der Waals surface area contributed by atoms with Crippen molar-refractivity contribution in [3.8, 4) is 11.9 Å². The van der Waals surface area contributed by atoms with Crippen LogP contribution in [0.15, 0.2) is 42.5 Å². The van der Waals surface area contributed by atoms with Crippen molar-refractivity contribution in [1.29, 1.82) is 5.26 Å². The van der Waals surface area contributed by atoms with Gasteiger partial charge in [0.05, 0.1) is 29.6 Å². The predicted octanol–water partition coefficient (Wildman–Crippen LogP) is 2.71.